The van der Waals surface area contributed by atoms with Crippen LogP contribution in [0, 0.1) is 0 Å². The Hall–Kier alpha value is -2.18. The number of Topliss-reactive ketones (excluding diaryl/α,β-unsaturated/α-hetero) is 1. The third kappa shape index (κ3) is 2.75. The zero-order valence-electron chi connectivity index (χ0n) is 14.4. The van der Waals surface area contributed by atoms with Crippen molar-refractivity contribution < 1.29 is 9.53 Å². The van der Waals surface area contributed by atoms with Gasteiger partial charge in [-0.3, -0.25) is 9.59 Å². The van der Waals surface area contributed by atoms with Crippen LogP contribution in [0.15, 0.2) is 23.0 Å². The van der Waals surface area contributed by atoms with Crippen LogP contribution in [0.5, 0.6) is 5.75 Å². The highest BCUT2D eigenvalue weighted by Crippen LogP contribution is 2.34. The van der Waals surface area contributed by atoms with Crippen molar-refractivity contribution in [1.82, 2.24) is 10.3 Å². The number of rotatable bonds is 1. The fraction of sp³-hybridized carbons (Fsp3) is 0.368. The predicted molar refractivity (Wildman–Crippen MR) is 98.6 cm³/mol. The zero-order chi connectivity index (χ0) is 17.8. The highest BCUT2D eigenvalue weighted by Gasteiger charge is 2.36. The number of nitrogens with one attached hydrogen (secondary N) is 2. The van der Waals surface area contributed by atoms with Crippen molar-refractivity contribution in [2.75, 3.05) is 13.2 Å². The standard InChI is InChI=1S/C19H20N2O3S/c1-10-9-24-14-5-4-11(6-12(10)14)7-15-17(23)21-18(25-15)13-8-20-19(2,3)16(13)22/h4-7,10,20H,8-9H2,1-3H3,(H,21,23)/b15-7-,18-13+. The average molecular weight is 356 g/mol. The van der Waals surface area contributed by atoms with E-state index in [1.807, 2.05) is 32.1 Å². The van der Waals surface area contributed by atoms with Gasteiger partial charge in [-0.15, -0.1) is 11.3 Å². The predicted octanol–water partition coefficient (Wildman–Crippen LogP) is 0.863. The molecule has 0 bridgehead atoms. The van der Waals surface area contributed by atoms with Crippen LogP contribution in [-0.4, -0.2) is 29.5 Å². The first-order chi connectivity index (χ1) is 11.8. The van der Waals surface area contributed by atoms with Gasteiger partial charge >= 0.3 is 0 Å². The number of hydrogen-bond donors (Lipinski definition) is 2. The number of aromatic amines is 1. The number of benzene rings is 1. The van der Waals surface area contributed by atoms with Crippen LogP contribution in [-0.2, 0) is 4.79 Å². The Balaban J connectivity index is 1.80. The smallest absolute Gasteiger partial charge is 0.266 e. The Kier molecular flexibility index (Phi) is 3.70. The van der Waals surface area contributed by atoms with Crippen molar-refractivity contribution in [1.29, 1.82) is 0 Å². The molecule has 1 atom stereocenters. The third-order valence-corrected chi connectivity index (χ3v) is 5.91. The molecule has 0 aliphatic carbocycles. The van der Waals surface area contributed by atoms with Gasteiger partial charge in [-0.2, -0.15) is 0 Å². The summed E-state index contributed by atoms with van der Waals surface area (Å²) < 4.78 is 6.87. The number of thiazole rings is 1. The molecule has 1 aromatic heterocycles. The lowest BCUT2D eigenvalue weighted by Crippen LogP contribution is -2.38. The number of carbonyl (C=O) groups is 1. The van der Waals surface area contributed by atoms with E-state index >= 15 is 0 Å². The second-order valence-corrected chi connectivity index (χ2v) is 8.24. The lowest BCUT2D eigenvalue weighted by atomic mass is 10.00. The van der Waals surface area contributed by atoms with E-state index in [-0.39, 0.29) is 11.3 Å². The summed E-state index contributed by atoms with van der Waals surface area (Å²) in [4.78, 5) is 27.6. The van der Waals surface area contributed by atoms with Crippen molar-refractivity contribution in [3.8, 4) is 5.75 Å². The minimum atomic E-state index is -0.573. The van der Waals surface area contributed by atoms with Crippen LogP contribution < -0.4 is 24.8 Å². The molecule has 2 N–H and O–H groups in total. The molecule has 2 aliphatic heterocycles. The number of fused-ring (bicyclic) bond motifs is 1. The minimum absolute atomic E-state index is 0.0417. The summed E-state index contributed by atoms with van der Waals surface area (Å²) in [6.45, 7) is 7.02. The van der Waals surface area contributed by atoms with E-state index < -0.39 is 5.54 Å². The first-order valence-electron chi connectivity index (χ1n) is 8.36. The number of hydrogen-bond acceptors (Lipinski definition) is 5. The number of ketones is 1. The summed E-state index contributed by atoms with van der Waals surface area (Å²) >= 11 is 1.34. The fourth-order valence-electron chi connectivity index (χ4n) is 3.24. The van der Waals surface area contributed by atoms with Crippen molar-refractivity contribution in [3.05, 3.63) is 48.9 Å². The first-order valence-corrected chi connectivity index (χ1v) is 9.17. The Morgan fingerprint density at radius 3 is 2.84 bits per heavy atom. The van der Waals surface area contributed by atoms with Gasteiger partial charge in [0.15, 0.2) is 5.78 Å². The highest BCUT2D eigenvalue weighted by atomic mass is 32.1. The number of ether oxygens (including phenoxy) is 1. The van der Waals surface area contributed by atoms with Gasteiger partial charge in [0.1, 0.15) is 10.4 Å². The van der Waals surface area contributed by atoms with Gasteiger partial charge in [0, 0.05) is 23.6 Å². The molecular weight excluding hydrogens is 336 g/mol. The molecule has 25 heavy (non-hydrogen) atoms. The molecule has 1 saturated heterocycles. The van der Waals surface area contributed by atoms with Crippen molar-refractivity contribution in [2.24, 2.45) is 0 Å². The minimum Gasteiger partial charge on any atom is -0.493 e. The van der Waals surface area contributed by atoms with Gasteiger partial charge in [-0.25, -0.2) is 0 Å². The van der Waals surface area contributed by atoms with Crippen LogP contribution in [0.25, 0.3) is 11.6 Å². The van der Waals surface area contributed by atoms with E-state index in [1.54, 1.807) is 0 Å². The quantitative estimate of drug-likeness (QED) is 0.795. The SMILES string of the molecule is CC1COc2ccc(/C=c3\s/c(=C4\CNC(C)(C)C4=O)[nH]c3=O)cc21. The van der Waals surface area contributed by atoms with Crippen LogP contribution in [0.2, 0.25) is 0 Å². The Morgan fingerprint density at radius 1 is 1.32 bits per heavy atom. The largest absolute Gasteiger partial charge is 0.493 e. The fourth-order valence-corrected chi connectivity index (χ4v) is 4.23. The van der Waals surface area contributed by atoms with Gasteiger partial charge in [0.2, 0.25) is 0 Å². The molecule has 1 aromatic carbocycles. The Labute approximate surface area is 149 Å². The van der Waals surface area contributed by atoms with Gasteiger partial charge in [0.05, 0.1) is 16.7 Å². The van der Waals surface area contributed by atoms with Crippen LogP contribution in [0.1, 0.15) is 37.8 Å². The van der Waals surface area contributed by atoms with E-state index in [0.717, 1.165) is 11.3 Å². The summed E-state index contributed by atoms with van der Waals surface area (Å²) in [6, 6.07) is 5.98. The average Bonchev–Trinajstić information content (AvgIpc) is 3.19. The lowest BCUT2D eigenvalue weighted by Gasteiger charge is -2.13. The van der Waals surface area contributed by atoms with Crippen molar-refractivity contribution >= 4 is 28.8 Å². The van der Waals surface area contributed by atoms with E-state index in [2.05, 4.69) is 23.3 Å². The maximum atomic E-state index is 12.4. The molecule has 5 nitrogen and oxygen atoms in total. The third-order valence-electron chi connectivity index (χ3n) is 4.84. The summed E-state index contributed by atoms with van der Waals surface area (Å²) in [5.41, 5.74) is 2.07. The van der Waals surface area contributed by atoms with E-state index in [1.165, 1.54) is 16.9 Å². The van der Waals surface area contributed by atoms with E-state index in [0.29, 0.717) is 33.8 Å². The molecule has 0 saturated carbocycles. The first kappa shape index (κ1) is 16.3. The summed E-state index contributed by atoms with van der Waals surface area (Å²) in [6.07, 6.45) is 1.87. The molecule has 2 aliphatic rings. The van der Waals surface area contributed by atoms with Gasteiger partial charge in [-0.1, -0.05) is 13.0 Å². The Morgan fingerprint density at radius 2 is 2.12 bits per heavy atom. The van der Waals surface area contributed by atoms with Crippen molar-refractivity contribution in [2.45, 2.75) is 32.2 Å². The molecule has 130 valence electrons. The van der Waals surface area contributed by atoms with E-state index in [9.17, 15) is 9.59 Å². The molecule has 1 unspecified atom stereocenters. The topological polar surface area (TPSA) is 71.2 Å². The normalized spacial score (nSPS) is 24.5. The molecule has 1 fully saturated rings. The van der Waals surface area contributed by atoms with E-state index in [4.69, 9.17) is 4.74 Å². The number of H-pyrrole nitrogens is 1. The molecular formula is C19H20N2O3S. The second kappa shape index (κ2) is 5.68. The number of carbonyl (C=O) groups excluding carboxylic acids is 1. The molecule has 6 heteroatoms. The van der Waals surface area contributed by atoms with Crippen molar-refractivity contribution in [3.63, 3.8) is 0 Å². The number of aromatic nitrogens is 1. The molecule has 0 amide bonds. The van der Waals surface area contributed by atoms with Crippen LogP contribution in [0.3, 0.4) is 0 Å². The molecule has 0 spiro atoms. The summed E-state index contributed by atoms with van der Waals surface area (Å²) in [5.74, 6) is 1.33. The maximum absolute atomic E-state index is 12.4. The summed E-state index contributed by atoms with van der Waals surface area (Å²) in [5, 5.41) is 3.18. The van der Waals surface area contributed by atoms with Gasteiger partial charge in [0.25, 0.3) is 5.56 Å². The maximum Gasteiger partial charge on any atom is 0.266 e. The van der Waals surface area contributed by atoms with Crippen LogP contribution in [0.4, 0.5) is 0 Å². The Bertz CT molecular complexity index is 1050. The van der Waals surface area contributed by atoms with Crippen LogP contribution >= 0.6 is 11.3 Å². The van der Waals surface area contributed by atoms with Gasteiger partial charge < -0.3 is 15.0 Å². The molecule has 4 rings (SSSR count). The summed E-state index contributed by atoms with van der Waals surface area (Å²) in [7, 11) is 0. The zero-order valence-corrected chi connectivity index (χ0v) is 15.3. The lowest BCUT2D eigenvalue weighted by molar-refractivity contribution is -0.117. The van der Waals surface area contributed by atoms with Gasteiger partial charge in [-0.05, 0) is 37.6 Å². The molecule has 3 heterocycles. The second-order valence-electron chi connectivity index (χ2n) is 7.19. The monoisotopic (exact) mass is 356 g/mol. The molecule has 2 aromatic rings. The highest BCUT2D eigenvalue weighted by molar-refractivity contribution is 7.07. The molecule has 0 radical (unpaired) electrons.